The lowest BCUT2D eigenvalue weighted by atomic mass is 9.93. The lowest BCUT2D eigenvalue weighted by Crippen LogP contribution is -2.41. The van der Waals surface area contributed by atoms with Crippen LogP contribution in [0, 0.1) is 5.92 Å². The molecule has 4 rings (SSSR count). The first-order valence-corrected chi connectivity index (χ1v) is 15.8. The molecule has 4 N–H and O–H groups in total. The van der Waals surface area contributed by atoms with Gasteiger partial charge >= 0.3 is 5.97 Å². The van der Waals surface area contributed by atoms with Crippen LogP contribution in [0.25, 0.3) is 10.9 Å². The second-order valence-electron chi connectivity index (χ2n) is 10.6. The highest BCUT2D eigenvalue weighted by Gasteiger charge is 2.24. The molecule has 0 amide bonds. The fraction of sp³-hybridized carbons (Fsp3) is 0.452. The molecule has 1 aliphatic rings. The molecule has 0 radical (unpaired) electrons. The molecule has 9 heteroatoms. The van der Waals surface area contributed by atoms with Crippen molar-refractivity contribution in [2.45, 2.75) is 64.3 Å². The van der Waals surface area contributed by atoms with Crippen LogP contribution < -0.4 is 14.8 Å². The van der Waals surface area contributed by atoms with Gasteiger partial charge in [0.1, 0.15) is 11.8 Å². The van der Waals surface area contributed by atoms with Crippen molar-refractivity contribution in [2.75, 3.05) is 19.7 Å². The van der Waals surface area contributed by atoms with Crippen molar-refractivity contribution < 1.29 is 23.1 Å². The Kier molecular flexibility index (Phi) is 10.8. The van der Waals surface area contributed by atoms with Gasteiger partial charge in [0.15, 0.2) is 0 Å². The highest BCUT2D eigenvalue weighted by Crippen LogP contribution is 2.23. The number of nitrogens with one attached hydrogen (secondary N) is 3. The fourth-order valence-corrected chi connectivity index (χ4v) is 6.59. The predicted molar refractivity (Wildman–Crippen MR) is 159 cm³/mol. The van der Waals surface area contributed by atoms with Gasteiger partial charge in [-0.25, -0.2) is 8.42 Å². The molecule has 2 aromatic carbocycles. The topological polar surface area (TPSA) is 121 Å². The molecule has 2 heterocycles. The van der Waals surface area contributed by atoms with E-state index in [-0.39, 0.29) is 6.42 Å². The number of ether oxygens (including phenoxy) is 1. The molecule has 8 nitrogen and oxygen atoms in total. The summed E-state index contributed by atoms with van der Waals surface area (Å²) in [6.45, 7) is 4.79. The minimum absolute atomic E-state index is 0.0306. The lowest BCUT2D eigenvalue weighted by molar-refractivity contribution is -0.138. The second-order valence-corrected chi connectivity index (χ2v) is 12.2. The Morgan fingerprint density at radius 1 is 1.12 bits per heavy atom. The Hall–Kier alpha value is -3.14. The molecule has 0 spiro atoms. The summed E-state index contributed by atoms with van der Waals surface area (Å²) >= 11 is 0. The van der Waals surface area contributed by atoms with E-state index in [1.54, 1.807) is 12.1 Å². The van der Waals surface area contributed by atoms with Crippen LogP contribution >= 0.6 is 0 Å². The van der Waals surface area contributed by atoms with E-state index >= 15 is 0 Å². The third-order valence-electron chi connectivity index (χ3n) is 7.57. The first-order valence-electron chi connectivity index (χ1n) is 14.2. The normalized spacial score (nSPS) is 15.8. The van der Waals surface area contributed by atoms with Gasteiger partial charge in [-0.05, 0) is 93.3 Å². The summed E-state index contributed by atoms with van der Waals surface area (Å²) < 4.78 is 34.1. The lowest BCUT2D eigenvalue weighted by Gasteiger charge is -2.22. The van der Waals surface area contributed by atoms with Crippen LogP contribution in [-0.4, -0.2) is 50.2 Å². The number of benzene rings is 2. The van der Waals surface area contributed by atoms with Crippen molar-refractivity contribution in [2.24, 2.45) is 5.92 Å². The van der Waals surface area contributed by atoms with Crippen molar-refractivity contribution in [3.05, 3.63) is 76.8 Å². The summed E-state index contributed by atoms with van der Waals surface area (Å²) in [5.41, 5.74) is 3.40. The molecule has 1 aliphatic heterocycles. The summed E-state index contributed by atoms with van der Waals surface area (Å²) in [7, 11) is -3.98. The molecule has 1 atom stereocenters. The number of carbonyl (C=O) groups is 1. The fourth-order valence-electron chi connectivity index (χ4n) is 5.26. The maximum absolute atomic E-state index is 12.9. The zero-order valence-electron chi connectivity index (χ0n) is 23.2. The van der Waals surface area contributed by atoms with Crippen molar-refractivity contribution in [1.29, 1.82) is 0 Å². The van der Waals surface area contributed by atoms with Crippen LogP contribution in [0.2, 0.25) is 0 Å². The molecule has 1 fully saturated rings. The van der Waals surface area contributed by atoms with E-state index in [9.17, 15) is 18.3 Å². The highest BCUT2D eigenvalue weighted by atomic mass is 32.2. The number of aromatic nitrogens is 1. The number of rotatable bonds is 15. The van der Waals surface area contributed by atoms with E-state index in [4.69, 9.17) is 4.74 Å². The molecule has 1 saturated heterocycles. The quantitative estimate of drug-likeness (QED) is 0.188. The second kappa shape index (κ2) is 14.5. The van der Waals surface area contributed by atoms with E-state index in [0.29, 0.717) is 30.6 Å². The molecular formula is C31H41N3O5S. The van der Waals surface area contributed by atoms with Gasteiger partial charge in [-0.15, -0.1) is 0 Å². The third-order valence-corrected chi connectivity index (χ3v) is 8.83. The number of aliphatic carboxylic acids is 1. The van der Waals surface area contributed by atoms with Crippen LogP contribution in [0.15, 0.2) is 65.7 Å². The number of carboxylic acid groups (broad SMARTS) is 1. The molecule has 0 bridgehead atoms. The smallest absolute Gasteiger partial charge is 0.322 e. The third kappa shape index (κ3) is 8.94. The van der Waals surface area contributed by atoms with Crippen LogP contribution in [-0.2, 0) is 27.7 Å². The SMILES string of the molecule is CC/C(=C/S(=O)(=O)N[C@@H](Cc1ccc(OCCCCC2CCNCC2)cc1)C(=O)O)Cc1c[nH]c2ccccc12. The van der Waals surface area contributed by atoms with Crippen molar-refractivity contribution in [3.8, 4) is 5.75 Å². The van der Waals surface area contributed by atoms with Gasteiger partial charge in [-0.3, -0.25) is 4.79 Å². The van der Waals surface area contributed by atoms with E-state index in [2.05, 4.69) is 15.0 Å². The van der Waals surface area contributed by atoms with Crippen molar-refractivity contribution in [1.82, 2.24) is 15.0 Å². The summed E-state index contributed by atoms with van der Waals surface area (Å²) in [5, 5.41) is 15.4. The Balaban J connectivity index is 1.29. The maximum Gasteiger partial charge on any atom is 0.322 e. The average molecular weight is 568 g/mol. The molecule has 0 saturated carbocycles. The summed E-state index contributed by atoms with van der Waals surface area (Å²) in [4.78, 5) is 15.2. The number of fused-ring (bicyclic) bond motifs is 1. The average Bonchev–Trinajstić information content (AvgIpc) is 3.36. The number of allylic oxidation sites excluding steroid dienone is 1. The highest BCUT2D eigenvalue weighted by molar-refractivity contribution is 7.92. The van der Waals surface area contributed by atoms with Gasteiger partial charge in [-0.1, -0.05) is 49.2 Å². The molecule has 3 aromatic rings. The standard InChI is InChI=1S/C31H41N3O5S/c1-2-23(19-26-21-33-29-9-4-3-8-28(26)29)22-40(37,38)34-30(31(35)36)20-25-10-12-27(13-11-25)39-18-6-5-7-24-14-16-32-17-15-24/h3-4,8-13,21-22,24,30,32-34H,2,5-7,14-20H2,1H3,(H,35,36)/b23-22-/t30-/m0/s1. The Bertz CT molecular complexity index is 1380. The first kappa shape index (κ1) is 29.8. The number of hydrogen-bond acceptors (Lipinski definition) is 5. The van der Waals surface area contributed by atoms with Gasteiger partial charge in [0.25, 0.3) is 0 Å². The zero-order chi connectivity index (χ0) is 28.4. The molecule has 216 valence electrons. The van der Waals surface area contributed by atoms with Gasteiger partial charge in [0, 0.05) is 22.5 Å². The van der Waals surface area contributed by atoms with Gasteiger partial charge in [0.05, 0.1) is 6.61 Å². The number of hydrogen-bond donors (Lipinski definition) is 4. The molecule has 40 heavy (non-hydrogen) atoms. The zero-order valence-corrected chi connectivity index (χ0v) is 24.0. The number of para-hydroxylation sites is 1. The first-order chi connectivity index (χ1) is 19.3. The molecule has 1 aromatic heterocycles. The minimum Gasteiger partial charge on any atom is -0.494 e. The van der Waals surface area contributed by atoms with Gasteiger partial charge < -0.3 is 20.1 Å². The summed E-state index contributed by atoms with van der Waals surface area (Å²) in [5.74, 6) is 0.329. The predicted octanol–water partition coefficient (Wildman–Crippen LogP) is 5.17. The van der Waals surface area contributed by atoms with E-state index in [1.807, 2.05) is 49.5 Å². The van der Waals surface area contributed by atoms with E-state index in [0.717, 1.165) is 54.1 Å². The van der Waals surface area contributed by atoms with Crippen LogP contribution in [0.4, 0.5) is 0 Å². The summed E-state index contributed by atoms with van der Waals surface area (Å²) in [6, 6.07) is 13.8. The molecule has 0 aliphatic carbocycles. The van der Waals surface area contributed by atoms with E-state index < -0.39 is 22.0 Å². The van der Waals surface area contributed by atoms with Crippen molar-refractivity contribution >= 4 is 26.9 Å². The number of aromatic amines is 1. The van der Waals surface area contributed by atoms with E-state index in [1.165, 1.54) is 24.7 Å². The Morgan fingerprint density at radius 2 is 1.88 bits per heavy atom. The number of carboxylic acids is 1. The van der Waals surface area contributed by atoms with Crippen molar-refractivity contribution in [3.63, 3.8) is 0 Å². The monoisotopic (exact) mass is 567 g/mol. The maximum atomic E-state index is 12.9. The minimum atomic E-state index is -3.98. The number of unbranched alkanes of at least 4 members (excludes halogenated alkanes) is 1. The largest absolute Gasteiger partial charge is 0.494 e. The van der Waals surface area contributed by atoms with Gasteiger partial charge in [-0.2, -0.15) is 4.72 Å². The Labute approximate surface area is 237 Å². The molecular weight excluding hydrogens is 526 g/mol. The van der Waals surface area contributed by atoms with Crippen LogP contribution in [0.3, 0.4) is 0 Å². The van der Waals surface area contributed by atoms with Gasteiger partial charge in [0.2, 0.25) is 10.0 Å². The molecule has 0 unspecified atom stereocenters. The number of H-pyrrole nitrogens is 1. The van der Waals surface area contributed by atoms with Crippen LogP contribution in [0.1, 0.15) is 56.6 Å². The van der Waals surface area contributed by atoms with Crippen LogP contribution in [0.5, 0.6) is 5.75 Å². The summed E-state index contributed by atoms with van der Waals surface area (Å²) in [6.07, 6.45) is 8.82. The number of piperidine rings is 1. The Morgan fingerprint density at radius 3 is 2.60 bits per heavy atom. The number of sulfonamides is 1.